The van der Waals surface area contributed by atoms with Crippen LogP contribution in [-0.4, -0.2) is 10.9 Å². The molecule has 0 spiro atoms. The first kappa shape index (κ1) is 24.4. The Morgan fingerprint density at radius 2 is 1.89 bits per heavy atom. The maximum atomic E-state index is 11.9. The lowest BCUT2D eigenvalue weighted by molar-refractivity contribution is -0.188. The van der Waals surface area contributed by atoms with E-state index in [0.29, 0.717) is 17.7 Å². The maximum absolute atomic E-state index is 11.9. The predicted octanol–water partition coefficient (Wildman–Crippen LogP) is 6.71. The van der Waals surface area contributed by atoms with E-state index in [-0.39, 0.29) is 11.8 Å². The lowest BCUT2D eigenvalue weighted by atomic mass is 9.64. The molecule has 1 fully saturated rings. The minimum absolute atomic E-state index is 0.201. The van der Waals surface area contributed by atoms with E-state index in [1.54, 1.807) is 6.20 Å². The topological polar surface area (TPSA) is 89.1 Å². The summed E-state index contributed by atoms with van der Waals surface area (Å²) in [6.45, 7) is 10.2. The van der Waals surface area contributed by atoms with Crippen molar-refractivity contribution in [1.29, 1.82) is 0 Å². The van der Waals surface area contributed by atoms with Gasteiger partial charge in [0.1, 0.15) is 11.1 Å². The highest BCUT2D eigenvalue weighted by Crippen LogP contribution is 2.50. The molecule has 1 saturated carbocycles. The lowest BCUT2D eigenvalue weighted by Crippen LogP contribution is -2.49. The second-order valence-corrected chi connectivity index (χ2v) is 10.8. The van der Waals surface area contributed by atoms with E-state index in [1.165, 1.54) is 6.92 Å². The molecule has 0 bridgehead atoms. The third kappa shape index (κ3) is 4.15. The van der Waals surface area contributed by atoms with Crippen LogP contribution in [0.5, 0.6) is 0 Å². The molecule has 2 aliphatic rings. The molecule has 1 aromatic heterocycles. The number of rotatable bonds is 6. The van der Waals surface area contributed by atoms with Crippen LogP contribution in [-0.2, 0) is 20.8 Å². The Hall–Kier alpha value is -3.32. The van der Waals surface area contributed by atoms with Crippen molar-refractivity contribution in [2.45, 2.75) is 65.0 Å². The number of carbonyl (C=O) groups is 1. The Morgan fingerprint density at radius 3 is 2.56 bits per heavy atom. The monoisotopic (exact) mass is 486 g/mol. The molecule has 7 nitrogen and oxygen atoms in total. The SMILES string of the molecule is CC(=O)NOC1(c2ccc(C3(c4nc5ccc(C)cc5o4)C=CN=N3)cc2)CC(C)CCC1C(C)C. The second-order valence-electron chi connectivity index (χ2n) is 10.8. The van der Waals surface area contributed by atoms with Crippen LogP contribution in [0.4, 0.5) is 0 Å². The number of aromatic nitrogens is 1. The molecule has 5 rings (SSSR count). The molecule has 0 radical (unpaired) electrons. The number of carbonyl (C=O) groups excluding carboxylic acids is 1. The van der Waals surface area contributed by atoms with E-state index >= 15 is 0 Å². The van der Waals surface area contributed by atoms with Gasteiger partial charge in [-0.05, 0) is 72.4 Å². The van der Waals surface area contributed by atoms with E-state index in [9.17, 15) is 4.79 Å². The van der Waals surface area contributed by atoms with Gasteiger partial charge in [-0.25, -0.2) is 10.5 Å². The third-order valence-electron chi connectivity index (χ3n) is 7.68. The Morgan fingerprint density at radius 1 is 1.14 bits per heavy atom. The fourth-order valence-electron chi connectivity index (χ4n) is 5.90. The van der Waals surface area contributed by atoms with Gasteiger partial charge in [-0.2, -0.15) is 10.2 Å². The summed E-state index contributed by atoms with van der Waals surface area (Å²) in [5.41, 5.74) is 5.74. The molecular formula is C29H34N4O3. The number of nitrogens with one attached hydrogen (secondary N) is 1. The van der Waals surface area contributed by atoms with Gasteiger partial charge in [-0.3, -0.25) is 9.63 Å². The molecule has 4 unspecified atom stereocenters. The first-order chi connectivity index (χ1) is 17.2. The van der Waals surface area contributed by atoms with Gasteiger partial charge in [-0.15, -0.1) is 0 Å². The Labute approximate surface area is 212 Å². The van der Waals surface area contributed by atoms with E-state index in [4.69, 9.17) is 14.2 Å². The average Bonchev–Trinajstić information content (AvgIpc) is 3.50. The van der Waals surface area contributed by atoms with Crippen LogP contribution in [0.15, 0.2) is 69.4 Å². The van der Waals surface area contributed by atoms with Gasteiger partial charge in [0.2, 0.25) is 17.3 Å². The third-order valence-corrected chi connectivity index (χ3v) is 7.68. The molecule has 0 saturated heterocycles. The number of hydrogen-bond acceptors (Lipinski definition) is 6. The first-order valence-electron chi connectivity index (χ1n) is 12.8. The summed E-state index contributed by atoms with van der Waals surface area (Å²) < 4.78 is 6.20. The quantitative estimate of drug-likeness (QED) is 0.392. The zero-order chi connectivity index (χ0) is 25.5. The van der Waals surface area contributed by atoms with Crippen molar-refractivity contribution in [1.82, 2.24) is 10.5 Å². The van der Waals surface area contributed by atoms with Crippen molar-refractivity contribution < 1.29 is 14.0 Å². The van der Waals surface area contributed by atoms with Gasteiger partial charge in [0.05, 0.1) is 0 Å². The summed E-state index contributed by atoms with van der Waals surface area (Å²) >= 11 is 0. The number of benzene rings is 2. The minimum atomic E-state index is -0.922. The second kappa shape index (κ2) is 9.28. The van der Waals surface area contributed by atoms with Crippen molar-refractivity contribution in [3.63, 3.8) is 0 Å². The van der Waals surface area contributed by atoms with E-state index in [2.05, 4.69) is 60.7 Å². The van der Waals surface area contributed by atoms with Crippen LogP contribution in [0, 0.1) is 24.7 Å². The zero-order valence-corrected chi connectivity index (χ0v) is 21.6. The highest BCUT2D eigenvalue weighted by atomic mass is 16.7. The number of hydrogen-bond donors (Lipinski definition) is 1. The summed E-state index contributed by atoms with van der Waals surface area (Å²) in [5.74, 6) is 1.44. The zero-order valence-electron chi connectivity index (χ0n) is 21.6. The van der Waals surface area contributed by atoms with Gasteiger partial charge in [0, 0.05) is 13.1 Å². The first-order valence-corrected chi connectivity index (χ1v) is 12.8. The van der Waals surface area contributed by atoms with Crippen LogP contribution in [0.25, 0.3) is 11.1 Å². The van der Waals surface area contributed by atoms with Crippen molar-refractivity contribution >= 4 is 17.0 Å². The summed E-state index contributed by atoms with van der Waals surface area (Å²) in [4.78, 5) is 22.9. The fourth-order valence-corrected chi connectivity index (χ4v) is 5.90. The molecule has 2 aromatic carbocycles. The number of fused-ring (bicyclic) bond motifs is 1. The van der Waals surface area contributed by atoms with Crippen molar-refractivity contribution in [2.75, 3.05) is 0 Å². The van der Waals surface area contributed by atoms with Gasteiger partial charge in [-0.1, -0.05) is 57.5 Å². The number of azo groups is 1. The molecule has 2 heterocycles. The molecule has 7 heteroatoms. The fraction of sp³-hybridized carbons (Fsp3) is 0.448. The predicted molar refractivity (Wildman–Crippen MR) is 138 cm³/mol. The maximum Gasteiger partial charge on any atom is 0.240 e. The van der Waals surface area contributed by atoms with Crippen LogP contribution >= 0.6 is 0 Å². The Bertz CT molecular complexity index is 1310. The number of amides is 1. The summed E-state index contributed by atoms with van der Waals surface area (Å²) in [7, 11) is 0. The molecule has 188 valence electrons. The smallest absolute Gasteiger partial charge is 0.240 e. The summed E-state index contributed by atoms with van der Waals surface area (Å²) in [6.07, 6.45) is 6.64. The van der Waals surface area contributed by atoms with E-state index in [0.717, 1.165) is 47.1 Å². The van der Waals surface area contributed by atoms with Crippen LogP contribution in [0.1, 0.15) is 69.5 Å². The molecule has 1 amide bonds. The van der Waals surface area contributed by atoms with Crippen LogP contribution < -0.4 is 5.48 Å². The molecule has 4 atom stereocenters. The highest BCUT2D eigenvalue weighted by molar-refractivity contribution is 5.74. The number of hydroxylamine groups is 1. The van der Waals surface area contributed by atoms with Gasteiger partial charge in [0.15, 0.2) is 5.58 Å². The number of nitrogens with zero attached hydrogens (tertiary/aromatic N) is 3. The summed E-state index contributed by atoms with van der Waals surface area (Å²) in [5, 5.41) is 8.74. The van der Waals surface area contributed by atoms with E-state index in [1.807, 2.05) is 31.2 Å². The van der Waals surface area contributed by atoms with Gasteiger partial charge in [0.25, 0.3) is 0 Å². The standard InChI is InChI=1S/C29H34N4O3/c1-18(2)24-12-6-20(4)17-29(24,36-32-21(5)34)23-10-8-22(9-11-23)28(14-15-30-33-28)27-31-25-13-7-19(3)16-26(25)35-27/h7-11,13-16,18,20,24H,6,12,17H2,1-5H3,(H,32,34). The normalized spacial score (nSPS) is 27.7. The van der Waals surface area contributed by atoms with E-state index < -0.39 is 11.1 Å². The van der Waals surface area contributed by atoms with Gasteiger partial charge < -0.3 is 4.42 Å². The van der Waals surface area contributed by atoms with Crippen molar-refractivity contribution in [2.24, 2.45) is 28.0 Å². The minimum Gasteiger partial charge on any atom is -0.437 e. The van der Waals surface area contributed by atoms with Crippen LogP contribution in [0.3, 0.4) is 0 Å². The van der Waals surface area contributed by atoms with Crippen molar-refractivity contribution in [3.05, 3.63) is 77.3 Å². The number of oxazole rings is 1. The van der Waals surface area contributed by atoms with Gasteiger partial charge >= 0.3 is 0 Å². The Balaban J connectivity index is 1.57. The Kier molecular flexibility index (Phi) is 6.29. The lowest BCUT2D eigenvalue weighted by Gasteiger charge is -2.47. The molecule has 1 aliphatic heterocycles. The van der Waals surface area contributed by atoms with Crippen LogP contribution in [0.2, 0.25) is 0 Å². The summed E-state index contributed by atoms with van der Waals surface area (Å²) in [6, 6.07) is 14.3. The molecule has 36 heavy (non-hydrogen) atoms. The van der Waals surface area contributed by atoms with Crippen molar-refractivity contribution in [3.8, 4) is 0 Å². The molecule has 1 aliphatic carbocycles. The largest absolute Gasteiger partial charge is 0.437 e. The molecular weight excluding hydrogens is 452 g/mol. The number of aryl methyl sites for hydroxylation is 1. The highest BCUT2D eigenvalue weighted by Gasteiger charge is 2.48. The molecule has 3 aromatic rings. The molecule has 1 N–H and O–H groups in total. The average molecular weight is 487 g/mol.